The average molecular weight is 279 g/mol. The molecule has 1 nitrogen and oxygen atoms in total. The summed E-state index contributed by atoms with van der Waals surface area (Å²) in [6.07, 6.45) is 4.37. The summed E-state index contributed by atoms with van der Waals surface area (Å²) < 4.78 is 0. The quantitative estimate of drug-likeness (QED) is 0.844. The van der Waals surface area contributed by atoms with Crippen molar-refractivity contribution in [3.63, 3.8) is 0 Å². The molecule has 0 bridgehead atoms. The molecule has 0 spiro atoms. The average Bonchev–Trinajstić information content (AvgIpc) is 3.12. The molecule has 0 aliphatic heterocycles. The fourth-order valence-electron chi connectivity index (χ4n) is 4.53. The van der Waals surface area contributed by atoms with Crippen LogP contribution in [0.5, 0.6) is 0 Å². The summed E-state index contributed by atoms with van der Waals surface area (Å²) in [5.41, 5.74) is 2.91. The molecule has 1 N–H and O–H groups in total. The third-order valence-electron chi connectivity index (χ3n) is 5.69. The minimum absolute atomic E-state index is 0.535. The predicted molar refractivity (Wildman–Crippen MR) is 89.4 cm³/mol. The van der Waals surface area contributed by atoms with Crippen LogP contribution in [0.2, 0.25) is 0 Å². The number of rotatable bonds is 4. The zero-order valence-electron chi connectivity index (χ0n) is 13.1. The Labute approximate surface area is 127 Å². The first-order valence-electron chi connectivity index (χ1n) is 8.49. The van der Waals surface area contributed by atoms with Gasteiger partial charge >= 0.3 is 0 Å². The first-order valence-corrected chi connectivity index (χ1v) is 8.49. The minimum atomic E-state index is 0.535. The molecule has 2 fully saturated rings. The summed E-state index contributed by atoms with van der Waals surface area (Å²) in [5, 5.41) is 6.66. The molecule has 3 atom stereocenters. The van der Waals surface area contributed by atoms with E-state index in [1.807, 2.05) is 0 Å². The first-order chi connectivity index (χ1) is 10.3. The number of hydrogen-bond donors (Lipinski definition) is 1. The lowest BCUT2D eigenvalue weighted by molar-refractivity contribution is 0.348. The maximum Gasteiger partial charge on any atom is 0.0354 e. The van der Waals surface area contributed by atoms with Gasteiger partial charge < -0.3 is 5.32 Å². The van der Waals surface area contributed by atoms with Gasteiger partial charge in [0.25, 0.3) is 0 Å². The van der Waals surface area contributed by atoms with Crippen LogP contribution in [0.1, 0.15) is 43.4 Å². The molecule has 0 amide bonds. The summed E-state index contributed by atoms with van der Waals surface area (Å²) in [6, 6.07) is 14.1. The van der Waals surface area contributed by atoms with Gasteiger partial charge in [-0.15, -0.1) is 0 Å². The Morgan fingerprint density at radius 1 is 1.00 bits per heavy atom. The molecule has 110 valence electrons. The molecular weight excluding hydrogens is 254 g/mol. The second kappa shape index (κ2) is 5.14. The Morgan fingerprint density at radius 3 is 2.43 bits per heavy atom. The van der Waals surface area contributed by atoms with E-state index in [2.05, 4.69) is 55.6 Å². The van der Waals surface area contributed by atoms with E-state index in [-0.39, 0.29) is 0 Å². The van der Waals surface area contributed by atoms with Crippen LogP contribution in [0.3, 0.4) is 0 Å². The molecule has 0 aromatic heterocycles. The van der Waals surface area contributed by atoms with Gasteiger partial charge in [-0.1, -0.05) is 43.3 Å². The molecule has 4 rings (SSSR count). The Bertz CT molecular complexity index is 650. The Hall–Kier alpha value is -1.34. The van der Waals surface area contributed by atoms with Crippen LogP contribution in [-0.2, 0) is 0 Å². The van der Waals surface area contributed by atoms with E-state index in [1.165, 1.54) is 41.2 Å². The second-order valence-electron chi connectivity index (χ2n) is 7.04. The van der Waals surface area contributed by atoms with Crippen LogP contribution in [0.4, 0.5) is 0 Å². The van der Waals surface area contributed by atoms with E-state index in [0.717, 1.165) is 24.3 Å². The maximum absolute atomic E-state index is 3.79. The first kappa shape index (κ1) is 13.3. The van der Waals surface area contributed by atoms with Crippen LogP contribution < -0.4 is 5.32 Å². The zero-order valence-corrected chi connectivity index (χ0v) is 13.1. The summed E-state index contributed by atoms with van der Waals surface area (Å²) in [7, 11) is 0. The molecule has 2 aliphatic carbocycles. The number of hydrogen-bond acceptors (Lipinski definition) is 1. The Kier molecular flexibility index (Phi) is 3.26. The predicted octanol–water partition coefficient (Wildman–Crippen LogP) is 4.84. The van der Waals surface area contributed by atoms with Crippen molar-refractivity contribution in [2.24, 2.45) is 17.8 Å². The SMILES string of the molecule is CCNC(c1ccc(C)c2ccccc12)C1CC2CC2C1. The van der Waals surface area contributed by atoms with Gasteiger partial charge in [0, 0.05) is 6.04 Å². The smallest absolute Gasteiger partial charge is 0.0354 e. The topological polar surface area (TPSA) is 12.0 Å². The highest BCUT2D eigenvalue weighted by Crippen LogP contribution is 2.57. The van der Waals surface area contributed by atoms with Crippen molar-refractivity contribution < 1.29 is 0 Å². The van der Waals surface area contributed by atoms with Gasteiger partial charge in [-0.05, 0) is 72.4 Å². The van der Waals surface area contributed by atoms with Crippen molar-refractivity contribution in [3.05, 3.63) is 47.5 Å². The fourth-order valence-corrected chi connectivity index (χ4v) is 4.53. The van der Waals surface area contributed by atoms with Crippen molar-refractivity contribution in [1.82, 2.24) is 5.32 Å². The molecule has 0 saturated heterocycles. The monoisotopic (exact) mass is 279 g/mol. The van der Waals surface area contributed by atoms with Gasteiger partial charge in [-0.2, -0.15) is 0 Å². The lowest BCUT2D eigenvalue weighted by atomic mass is 9.86. The second-order valence-corrected chi connectivity index (χ2v) is 7.04. The highest BCUT2D eigenvalue weighted by molar-refractivity contribution is 5.89. The Balaban J connectivity index is 1.76. The number of fused-ring (bicyclic) bond motifs is 2. The summed E-state index contributed by atoms with van der Waals surface area (Å²) in [6.45, 7) is 5.51. The largest absolute Gasteiger partial charge is 0.310 e. The van der Waals surface area contributed by atoms with Crippen LogP contribution in [0.15, 0.2) is 36.4 Å². The molecule has 0 radical (unpaired) electrons. The zero-order chi connectivity index (χ0) is 14.4. The third-order valence-corrected chi connectivity index (χ3v) is 5.69. The van der Waals surface area contributed by atoms with E-state index in [9.17, 15) is 0 Å². The van der Waals surface area contributed by atoms with Gasteiger partial charge in [-0.25, -0.2) is 0 Å². The van der Waals surface area contributed by atoms with Crippen molar-refractivity contribution >= 4 is 10.8 Å². The van der Waals surface area contributed by atoms with Gasteiger partial charge in [0.2, 0.25) is 0 Å². The molecule has 2 aromatic rings. The number of nitrogens with one attached hydrogen (secondary N) is 1. The van der Waals surface area contributed by atoms with Gasteiger partial charge in [-0.3, -0.25) is 0 Å². The molecule has 2 aliphatic rings. The third kappa shape index (κ3) is 2.28. The standard InChI is InChI=1S/C20H25N/c1-3-21-20(16-11-14-10-15(14)12-16)19-9-8-13(2)17-6-4-5-7-18(17)19/h4-9,14-16,20-21H,3,10-12H2,1-2H3. The highest BCUT2D eigenvalue weighted by atomic mass is 14.9. The molecule has 2 aromatic carbocycles. The summed E-state index contributed by atoms with van der Waals surface area (Å²) in [4.78, 5) is 0. The van der Waals surface area contributed by atoms with Crippen molar-refractivity contribution in [3.8, 4) is 0 Å². The number of aryl methyl sites for hydroxylation is 1. The van der Waals surface area contributed by atoms with Crippen LogP contribution in [0.25, 0.3) is 10.8 Å². The Morgan fingerprint density at radius 2 is 1.71 bits per heavy atom. The lowest BCUT2D eigenvalue weighted by Crippen LogP contribution is -2.28. The van der Waals surface area contributed by atoms with E-state index < -0.39 is 0 Å². The van der Waals surface area contributed by atoms with Crippen molar-refractivity contribution in [1.29, 1.82) is 0 Å². The summed E-state index contributed by atoms with van der Waals surface area (Å²) >= 11 is 0. The fraction of sp³-hybridized carbons (Fsp3) is 0.500. The van der Waals surface area contributed by atoms with E-state index in [4.69, 9.17) is 0 Å². The van der Waals surface area contributed by atoms with Crippen LogP contribution >= 0.6 is 0 Å². The van der Waals surface area contributed by atoms with Gasteiger partial charge in [0.05, 0.1) is 0 Å². The number of benzene rings is 2. The van der Waals surface area contributed by atoms with Crippen LogP contribution in [0, 0.1) is 24.7 Å². The van der Waals surface area contributed by atoms with Gasteiger partial charge in [0.1, 0.15) is 0 Å². The van der Waals surface area contributed by atoms with Crippen molar-refractivity contribution in [2.75, 3.05) is 6.54 Å². The molecular formula is C20H25N. The van der Waals surface area contributed by atoms with E-state index >= 15 is 0 Å². The van der Waals surface area contributed by atoms with E-state index in [1.54, 1.807) is 0 Å². The summed E-state index contributed by atoms with van der Waals surface area (Å²) in [5.74, 6) is 2.93. The van der Waals surface area contributed by atoms with E-state index in [0.29, 0.717) is 6.04 Å². The normalized spacial score (nSPS) is 28.6. The van der Waals surface area contributed by atoms with Crippen molar-refractivity contribution in [2.45, 2.75) is 39.2 Å². The minimum Gasteiger partial charge on any atom is -0.310 e. The molecule has 3 unspecified atom stereocenters. The lowest BCUT2D eigenvalue weighted by Gasteiger charge is -2.27. The van der Waals surface area contributed by atoms with Crippen LogP contribution in [-0.4, -0.2) is 6.54 Å². The maximum atomic E-state index is 3.79. The molecule has 1 heteroatoms. The molecule has 0 heterocycles. The highest BCUT2D eigenvalue weighted by Gasteiger charge is 2.48. The molecule has 2 saturated carbocycles. The molecule has 21 heavy (non-hydrogen) atoms. The van der Waals surface area contributed by atoms with Gasteiger partial charge in [0.15, 0.2) is 0 Å².